The van der Waals surface area contributed by atoms with Crippen LogP contribution < -0.4 is 5.32 Å². The number of nitrogens with one attached hydrogen (secondary N) is 1. The van der Waals surface area contributed by atoms with E-state index < -0.39 is 0 Å². The van der Waals surface area contributed by atoms with Gasteiger partial charge in [0.25, 0.3) is 5.91 Å². The maximum absolute atomic E-state index is 10.5. The van der Waals surface area contributed by atoms with E-state index in [1.165, 1.54) is 0 Å². The molecule has 1 heterocycles. The summed E-state index contributed by atoms with van der Waals surface area (Å²) in [6.45, 7) is 2.44. The predicted molar refractivity (Wildman–Crippen MR) is 31.6 cm³/mol. The fourth-order valence-electron chi connectivity index (χ4n) is 0.562. The summed E-state index contributed by atoms with van der Waals surface area (Å²) in [5.41, 5.74) is 0.927. The number of hydrogen-bond acceptors (Lipinski definition) is 1. The van der Waals surface area contributed by atoms with Gasteiger partial charge in [0.05, 0.1) is 0 Å². The van der Waals surface area contributed by atoms with Crippen LogP contribution in [0.25, 0.3) is 0 Å². The van der Waals surface area contributed by atoms with Crippen LogP contribution in [-0.2, 0) is 4.79 Å². The van der Waals surface area contributed by atoms with Crippen molar-refractivity contribution >= 4 is 17.5 Å². The lowest BCUT2D eigenvalue weighted by Gasteiger charge is -1.84. The van der Waals surface area contributed by atoms with Gasteiger partial charge in [-0.05, 0) is 12.5 Å². The summed E-state index contributed by atoms with van der Waals surface area (Å²) in [5.74, 6) is -0.149. The first-order chi connectivity index (χ1) is 3.72. The normalized spacial score (nSPS) is 19.5. The minimum absolute atomic E-state index is 0.149. The second-order valence-electron chi connectivity index (χ2n) is 1.78. The van der Waals surface area contributed by atoms with E-state index in [9.17, 15) is 4.79 Å². The molecule has 2 nitrogen and oxygen atoms in total. The largest absolute Gasteiger partial charge is 0.347 e. The lowest BCUT2D eigenvalue weighted by molar-refractivity contribution is -0.116. The van der Waals surface area contributed by atoms with Crippen LogP contribution in [-0.4, -0.2) is 12.5 Å². The first-order valence-electron chi connectivity index (χ1n) is 2.35. The van der Waals surface area contributed by atoms with Crippen molar-refractivity contribution in [3.05, 3.63) is 10.6 Å². The van der Waals surface area contributed by atoms with Crippen LogP contribution in [0.2, 0.25) is 0 Å². The van der Waals surface area contributed by atoms with Crippen molar-refractivity contribution in [3.8, 4) is 0 Å². The van der Waals surface area contributed by atoms with Crippen molar-refractivity contribution in [2.45, 2.75) is 6.92 Å². The maximum Gasteiger partial charge on any atom is 0.263 e. The molecule has 1 aliphatic rings. The van der Waals surface area contributed by atoms with Crippen LogP contribution in [0, 0.1) is 0 Å². The van der Waals surface area contributed by atoms with Crippen LogP contribution >= 0.6 is 11.6 Å². The molecule has 1 N–H and O–H groups in total. The molecule has 0 bridgehead atoms. The zero-order valence-electron chi connectivity index (χ0n) is 4.49. The summed E-state index contributed by atoms with van der Waals surface area (Å²) in [5, 5.41) is 2.93. The van der Waals surface area contributed by atoms with E-state index in [1.54, 1.807) is 0 Å². The number of hydrogen-bond donors (Lipinski definition) is 1. The van der Waals surface area contributed by atoms with Crippen molar-refractivity contribution in [1.29, 1.82) is 0 Å². The smallest absolute Gasteiger partial charge is 0.263 e. The van der Waals surface area contributed by atoms with Gasteiger partial charge in [-0.15, -0.1) is 0 Å². The van der Waals surface area contributed by atoms with E-state index in [1.807, 2.05) is 6.92 Å². The quantitative estimate of drug-likeness (QED) is 0.513. The van der Waals surface area contributed by atoms with Gasteiger partial charge in [-0.2, -0.15) is 0 Å². The van der Waals surface area contributed by atoms with Gasteiger partial charge in [-0.3, -0.25) is 4.79 Å². The summed E-state index contributed by atoms with van der Waals surface area (Å²) < 4.78 is 0. The average molecular weight is 132 g/mol. The Kier molecular flexibility index (Phi) is 1.26. The van der Waals surface area contributed by atoms with Crippen molar-refractivity contribution < 1.29 is 4.79 Å². The van der Waals surface area contributed by atoms with E-state index in [4.69, 9.17) is 11.6 Å². The number of rotatable bonds is 0. The molecule has 0 aromatic heterocycles. The molecule has 1 rings (SSSR count). The molecule has 8 heavy (non-hydrogen) atoms. The average Bonchev–Trinajstić information content (AvgIpc) is 1.98. The molecule has 0 aromatic carbocycles. The SMILES string of the molecule is CC1=C(Cl)C(=O)NC1. The van der Waals surface area contributed by atoms with E-state index in [-0.39, 0.29) is 5.91 Å². The Morgan fingerprint density at radius 2 is 2.38 bits per heavy atom. The fourth-order valence-corrected chi connectivity index (χ4v) is 0.696. The molecule has 0 spiro atoms. The Morgan fingerprint density at radius 3 is 2.50 bits per heavy atom. The Balaban J connectivity index is 2.86. The van der Waals surface area contributed by atoms with Crippen molar-refractivity contribution in [2.75, 3.05) is 6.54 Å². The molecule has 44 valence electrons. The zero-order chi connectivity index (χ0) is 6.15. The number of carbonyl (C=O) groups excluding carboxylic acids is 1. The number of carbonyl (C=O) groups is 1. The summed E-state index contributed by atoms with van der Waals surface area (Å²) in [7, 11) is 0. The molecule has 1 aliphatic heterocycles. The highest BCUT2D eigenvalue weighted by Gasteiger charge is 2.15. The summed E-state index contributed by atoms with van der Waals surface area (Å²) in [4.78, 5) is 10.5. The molecule has 0 radical (unpaired) electrons. The van der Waals surface area contributed by atoms with Crippen molar-refractivity contribution in [3.63, 3.8) is 0 Å². The van der Waals surface area contributed by atoms with Crippen LogP contribution in [0.1, 0.15) is 6.92 Å². The Bertz CT molecular complexity index is 162. The lowest BCUT2D eigenvalue weighted by atomic mass is 10.3. The minimum Gasteiger partial charge on any atom is -0.347 e. The molecule has 3 heteroatoms. The highest BCUT2D eigenvalue weighted by atomic mass is 35.5. The second-order valence-corrected chi connectivity index (χ2v) is 2.15. The van der Waals surface area contributed by atoms with Gasteiger partial charge in [-0.25, -0.2) is 0 Å². The summed E-state index contributed by atoms with van der Waals surface area (Å²) in [6.07, 6.45) is 0. The van der Waals surface area contributed by atoms with Gasteiger partial charge in [0.2, 0.25) is 0 Å². The molecule has 0 fully saturated rings. The van der Waals surface area contributed by atoms with E-state index in [0.717, 1.165) is 5.57 Å². The van der Waals surface area contributed by atoms with Gasteiger partial charge in [0.1, 0.15) is 5.03 Å². The molecule has 1 amide bonds. The monoisotopic (exact) mass is 131 g/mol. The maximum atomic E-state index is 10.5. The topological polar surface area (TPSA) is 29.1 Å². The van der Waals surface area contributed by atoms with Gasteiger partial charge < -0.3 is 5.32 Å². The standard InChI is InChI=1S/C5H6ClNO/c1-3-2-7-5(8)4(3)6/h2H2,1H3,(H,7,8). The van der Waals surface area contributed by atoms with Crippen LogP contribution in [0.3, 0.4) is 0 Å². The van der Waals surface area contributed by atoms with Gasteiger partial charge in [0, 0.05) is 6.54 Å². The molecule has 0 atom stereocenters. The molecular formula is C5H6ClNO. The van der Waals surface area contributed by atoms with Gasteiger partial charge in [0.15, 0.2) is 0 Å². The third kappa shape index (κ3) is 0.713. The van der Waals surface area contributed by atoms with Crippen LogP contribution in [0.4, 0.5) is 0 Å². The van der Waals surface area contributed by atoms with Crippen LogP contribution in [0.5, 0.6) is 0 Å². The van der Waals surface area contributed by atoms with Gasteiger partial charge in [-0.1, -0.05) is 11.6 Å². The fraction of sp³-hybridized carbons (Fsp3) is 0.400. The van der Waals surface area contributed by atoms with Crippen molar-refractivity contribution in [1.82, 2.24) is 5.32 Å². The zero-order valence-corrected chi connectivity index (χ0v) is 5.25. The minimum atomic E-state index is -0.149. The second kappa shape index (κ2) is 1.78. The first kappa shape index (κ1) is 5.63. The predicted octanol–water partition coefficient (Wildman–Crippen LogP) is 0.629. The molecule has 0 aliphatic carbocycles. The number of halogens is 1. The molecule has 0 saturated heterocycles. The van der Waals surface area contributed by atoms with Gasteiger partial charge >= 0.3 is 0 Å². The van der Waals surface area contributed by atoms with E-state index >= 15 is 0 Å². The highest BCUT2D eigenvalue weighted by molar-refractivity contribution is 6.43. The third-order valence-corrected chi connectivity index (χ3v) is 1.58. The van der Waals surface area contributed by atoms with Crippen LogP contribution in [0.15, 0.2) is 10.6 Å². The highest BCUT2D eigenvalue weighted by Crippen LogP contribution is 2.12. The first-order valence-corrected chi connectivity index (χ1v) is 2.73. The molecule has 0 saturated carbocycles. The summed E-state index contributed by atoms with van der Waals surface area (Å²) in [6, 6.07) is 0. The lowest BCUT2D eigenvalue weighted by Crippen LogP contribution is -2.15. The Morgan fingerprint density at radius 1 is 1.75 bits per heavy atom. The Labute approximate surface area is 52.5 Å². The third-order valence-electron chi connectivity index (χ3n) is 1.09. The van der Waals surface area contributed by atoms with E-state index in [2.05, 4.69) is 5.32 Å². The Hall–Kier alpha value is -0.500. The summed E-state index contributed by atoms with van der Waals surface area (Å²) >= 11 is 5.48. The molecule has 0 aromatic rings. The molecule has 0 unspecified atom stereocenters. The number of amides is 1. The molecular weight excluding hydrogens is 126 g/mol. The van der Waals surface area contributed by atoms with E-state index in [0.29, 0.717) is 11.6 Å². The van der Waals surface area contributed by atoms with Crippen molar-refractivity contribution in [2.24, 2.45) is 0 Å².